The van der Waals surface area contributed by atoms with Gasteiger partial charge in [0.2, 0.25) is 0 Å². The van der Waals surface area contributed by atoms with Gasteiger partial charge in [0.15, 0.2) is 0 Å². The molecule has 0 amide bonds. The van der Waals surface area contributed by atoms with Crippen LogP contribution in [-0.2, 0) is 11.3 Å². The predicted molar refractivity (Wildman–Crippen MR) is 88.4 cm³/mol. The SMILES string of the molecule is CCC/C(=C/COC)c1c(NC)[nH]c(=O)n(CC2CC2)c1=O. The number of H-pyrrole nitrogens is 1. The fourth-order valence-electron chi connectivity index (χ4n) is 2.56. The number of aromatic nitrogens is 2. The molecular formula is C16H25N3O3. The molecule has 1 saturated carbocycles. The lowest BCUT2D eigenvalue weighted by atomic mass is 10.0. The molecule has 6 nitrogen and oxygen atoms in total. The van der Waals surface area contributed by atoms with Gasteiger partial charge in [-0.25, -0.2) is 4.79 Å². The summed E-state index contributed by atoms with van der Waals surface area (Å²) in [5.74, 6) is 0.947. The highest BCUT2D eigenvalue weighted by atomic mass is 16.5. The standard InChI is InChI=1S/C16H25N3O3/c1-4-5-12(8-9-22-3)13-14(17-2)18-16(21)19(15(13)20)10-11-6-7-11/h8,11,17H,4-7,9-10H2,1-3H3,(H,18,21)/b12-8-. The molecule has 6 heteroatoms. The van der Waals surface area contributed by atoms with Gasteiger partial charge in [-0.3, -0.25) is 14.3 Å². The van der Waals surface area contributed by atoms with Gasteiger partial charge in [-0.15, -0.1) is 0 Å². The molecule has 2 N–H and O–H groups in total. The van der Waals surface area contributed by atoms with Crippen molar-refractivity contribution in [2.45, 2.75) is 39.2 Å². The number of ether oxygens (including phenoxy) is 1. The molecule has 122 valence electrons. The fraction of sp³-hybridized carbons (Fsp3) is 0.625. The number of hydrogen-bond donors (Lipinski definition) is 2. The average molecular weight is 307 g/mol. The smallest absolute Gasteiger partial charge is 0.329 e. The van der Waals surface area contributed by atoms with Gasteiger partial charge in [0.05, 0.1) is 12.2 Å². The molecule has 0 bridgehead atoms. The largest absolute Gasteiger partial charge is 0.381 e. The van der Waals surface area contributed by atoms with Crippen LogP contribution in [0.4, 0.5) is 5.82 Å². The van der Waals surface area contributed by atoms with E-state index in [2.05, 4.69) is 17.2 Å². The van der Waals surface area contributed by atoms with Crippen LogP contribution in [0.25, 0.3) is 5.57 Å². The van der Waals surface area contributed by atoms with E-state index in [0.717, 1.165) is 31.3 Å². The summed E-state index contributed by atoms with van der Waals surface area (Å²) < 4.78 is 6.44. The Balaban J connectivity index is 2.55. The third-order valence-electron chi connectivity index (χ3n) is 3.91. The van der Waals surface area contributed by atoms with Gasteiger partial charge in [0.1, 0.15) is 5.82 Å². The first-order valence-corrected chi connectivity index (χ1v) is 7.85. The molecule has 1 heterocycles. The van der Waals surface area contributed by atoms with Crippen LogP contribution in [0.3, 0.4) is 0 Å². The van der Waals surface area contributed by atoms with Gasteiger partial charge >= 0.3 is 5.69 Å². The van der Waals surface area contributed by atoms with Gasteiger partial charge < -0.3 is 10.1 Å². The summed E-state index contributed by atoms with van der Waals surface area (Å²) in [6.45, 7) is 3.02. The van der Waals surface area contributed by atoms with Crippen LogP contribution in [0.15, 0.2) is 15.7 Å². The maximum absolute atomic E-state index is 12.8. The van der Waals surface area contributed by atoms with E-state index in [1.807, 2.05) is 6.08 Å². The summed E-state index contributed by atoms with van der Waals surface area (Å²) >= 11 is 0. The van der Waals surface area contributed by atoms with E-state index in [1.54, 1.807) is 14.2 Å². The van der Waals surface area contributed by atoms with Crippen molar-refractivity contribution in [3.8, 4) is 0 Å². The van der Waals surface area contributed by atoms with Crippen LogP contribution in [0, 0.1) is 5.92 Å². The zero-order valence-electron chi connectivity index (χ0n) is 13.6. The van der Waals surface area contributed by atoms with Crippen molar-refractivity contribution in [3.63, 3.8) is 0 Å². The molecule has 0 radical (unpaired) electrons. The number of rotatable bonds is 8. The number of hydrogen-bond acceptors (Lipinski definition) is 4. The zero-order chi connectivity index (χ0) is 16.1. The Morgan fingerprint density at radius 1 is 1.45 bits per heavy atom. The van der Waals surface area contributed by atoms with Gasteiger partial charge in [-0.1, -0.05) is 19.4 Å². The molecule has 1 aliphatic rings. The quantitative estimate of drug-likeness (QED) is 0.768. The minimum Gasteiger partial charge on any atom is -0.381 e. The molecule has 1 aromatic heterocycles. The van der Waals surface area contributed by atoms with E-state index in [0.29, 0.717) is 30.5 Å². The second-order valence-corrected chi connectivity index (χ2v) is 5.72. The van der Waals surface area contributed by atoms with Gasteiger partial charge in [-0.2, -0.15) is 0 Å². The number of aromatic amines is 1. The Morgan fingerprint density at radius 2 is 2.18 bits per heavy atom. The fourth-order valence-corrected chi connectivity index (χ4v) is 2.56. The third kappa shape index (κ3) is 3.68. The van der Waals surface area contributed by atoms with E-state index in [4.69, 9.17) is 4.74 Å². The summed E-state index contributed by atoms with van der Waals surface area (Å²) in [6.07, 6.45) is 5.79. The van der Waals surface area contributed by atoms with E-state index in [-0.39, 0.29) is 11.2 Å². The minimum atomic E-state index is -0.340. The van der Waals surface area contributed by atoms with E-state index in [9.17, 15) is 9.59 Å². The van der Waals surface area contributed by atoms with Crippen molar-refractivity contribution in [1.82, 2.24) is 9.55 Å². The van der Waals surface area contributed by atoms with Crippen LogP contribution >= 0.6 is 0 Å². The van der Waals surface area contributed by atoms with Gasteiger partial charge in [0.25, 0.3) is 5.56 Å². The number of methoxy groups -OCH3 is 1. The molecule has 0 atom stereocenters. The summed E-state index contributed by atoms with van der Waals surface area (Å²) in [6, 6.07) is 0. The first-order valence-electron chi connectivity index (χ1n) is 7.85. The Bertz CT molecular complexity index is 654. The predicted octanol–water partition coefficient (Wildman–Crippen LogP) is 1.82. The summed E-state index contributed by atoms with van der Waals surface area (Å²) in [7, 11) is 3.33. The van der Waals surface area contributed by atoms with Crippen molar-refractivity contribution >= 4 is 11.4 Å². The molecule has 2 rings (SSSR count). The van der Waals surface area contributed by atoms with E-state index >= 15 is 0 Å². The second-order valence-electron chi connectivity index (χ2n) is 5.72. The first kappa shape index (κ1) is 16.5. The highest BCUT2D eigenvalue weighted by Gasteiger charge is 2.25. The highest BCUT2D eigenvalue weighted by Crippen LogP contribution is 2.30. The number of nitrogens with one attached hydrogen (secondary N) is 2. The second kappa shape index (κ2) is 7.45. The topological polar surface area (TPSA) is 76.1 Å². The molecule has 0 spiro atoms. The van der Waals surface area contributed by atoms with Crippen LogP contribution < -0.4 is 16.6 Å². The van der Waals surface area contributed by atoms with Crippen molar-refractivity contribution in [2.75, 3.05) is 26.1 Å². The number of allylic oxidation sites excluding steroid dienone is 1. The van der Waals surface area contributed by atoms with Gasteiger partial charge in [-0.05, 0) is 30.8 Å². The average Bonchev–Trinajstić information content (AvgIpc) is 3.32. The lowest BCUT2D eigenvalue weighted by Gasteiger charge is -2.14. The normalized spacial score (nSPS) is 15.1. The third-order valence-corrected chi connectivity index (χ3v) is 3.91. The van der Waals surface area contributed by atoms with Crippen molar-refractivity contribution in [1.29, 1.82) is 0 Å². The Kier molecular flexibility index (Phi) is 5.60. The van der Waals surface area contributed by atoms with Crippen LogP contribution in [-0.4, -0.2) is 30.3 Å². The molecule has 0 aromatic carbocycles. The summed E-state index contributed by atoms with van der Waals surface area (Å²) in [5.41, 5.74) is 0.921. The molecule has 1 fully saturated rings. The Morgan fingerprint density at radius 3 is 2.73 bits per heavy atom. The van der Waals surface area contributed by atoms with E-state index < -0.39 is 0 Å². The molecule has 0 aliphatic heterocycles. The van der Waals surface area contributed by atoms with Crippen LogP contribution in [0.5, 0.6) is 0 Å². The maximum atomic E-state index is 12.8. The molecule has 1 aliphatic carbocycles. The maximum Gasteiger partial charge on any atom is 0.329 e. The summed E-state index contributed by atoms with van der Waals surface area (Å²) in [4.78, 5) is 27.8. The molecular weight excluding hydrogens is 282 g/mol. The Labute approximate surface area is 130 Å². The summed E-state index contributed by atoms with van der Waals surface area (Å²) in [5, 5.41) is 2.94. The van der Waals surface area contributed by atoms with Crippen LogP contribution in [0.2, 0.25) is 0 Å². The molecule has 0 unspecified atom stereocenters. The molecule has 22 heavy (non-hydrogen) atoms. The van der Waals surface area contributed by atoms with Crippen LogP contribution in [0.1, 0.15) is 38.2 Å². The van der Waals surface area contributed by atoms with Crippen molar-refractivity contribution in [3.05, 3.63) is 32.5 Å². The van der Waals surface area contributed by atoms with Crippen molar-refractivity contribution < 1.29 is 4.74 Å². The Hall–Kier alpha value is -1.82. The number of nitrogens with zero attached hydrogens (tertiary/aromatic N) is 1. The molecule has 1 aromatic rings. The highest BCUT2D eigenvalue weighted by molar-refractivity contribution is 5.73. The minimum absolute atomic E-state index is 0.212. The number of anilines is 1. The first-order chi connectivity index (χ1) is 10.6. The van der Waals surface area contributed by atoms with Crippen molar-refractivity contribution in [2.24, 2.45) is 5.92 Å². The lowest BCUT2D eigenvalue weighted by Crippen LogP contribution is -2.38. The molecule has 0 saturated heterocycles. The monoisotopic (exact) mass is 307 g/mol. The zero-order valence-corrected chi connectivity index (χ0v) is 13.6. The van der Waals surface area contributed by atoms with Gasteiger partial charge in [0, 0.05) is 20.7 Å². The van der Waals surface area contributed by atoms with E-state index in [1.165, 1.54) is 4.57 Å². The lowest BCUT2D eigenvalue weighted by molar-refractivity contribution is 0.234.